The fourth-order valence-corrected chi connectivity index (χ4v) is 4.45. The molecule has 4 rings (SSSR count). The van der Waals surface area contributed by atoms with Crippen LogP contribution in [-0.4, -0.2) is 29.7 Å². The molecule has 0 unspecified atom stereocenters. The summed E-state index contributed by atoms with van der Waals surface area (Å²) >= 11 is 0. The molecule has 0 aliphatic heterocycles. The summed E-state index contributed by atoms with van der Waals surface area (Å²) in [6.45, 7) is 2.82. The van der Waals surface area contributed by atoms with Gasteiger partial charge >= 0.3 is 0 Å². The summed E-state index contributed by atoms with van der Waals surface area (Å²) in [6.07, 6.45) is -0.00958. The van der Waals surface area contributed by atoms with E-state index in [-0.39, 0.29) is 18.9 Å². The number of benzene rings is 4. The number of nitrogens with one attached hydrogen (secondary N) is 2. The van der Waals surface area contributed by atoms with Crippen LogP contribution in [0.15, 0.2) is 97.1 Å². The van der Waals surface area contributed by atoms with E-state index in [1.54, 1.807) is 18.2 Å². The largest absolute Gasteiger partial charge is 0.390 e. The molecule has 0 saturated carbocycles. The number of hydrogen-bond acceptors (Lipinski definition) is 3. The molecule has 38 heavy (non-hydrogen) atoms. The van der Waals surface area contributed by atoms with Gasteiger partial charge in [-0.25, -0.2) is 8.78 Å². The second-order valence-corrected chi connectivity index (χ2v) is 9.38. The van der Waals surface area contributed by atoms with Gasteiger partial charge in [-0.2, -0.15) is 0 Å². The summed E-state index contributed by atoms with van der Waals surface area (Å²) < 4.78 is 27.7. The maximum Gasteiger partial charge on any atom is 0.251 e. The number of rotatable bonds is 11. The number of aliphatic hydroxyl groups excluding tert-OH is 1. The van der Waals surface area contributed by atoms with Crippen LogP contribution >= 0.6 is 0 Å². The van der Waals surface area contributed by atoms with Gasteiger partial charge in [0.2, 0.25) is 0 Å². The lowest BCUT2D eigenvalue weighted by Crippen LogP contribution is -2.48. The van der Waals surface area contributed by atoms with Gasteiger partial charge < -0.3 is 15.7 Å². The van der Waals surface area contributed by atoms with Gasteiger partial charge in [-0.1, -0.05) is 73.7 Å². The molecular formula is C32H32F2N2O2. The maximum absolute atomic E-state index is 13.9. The quantitative estimate of drug-likeness (QED) is 0.241. The van der Waals surface area contributed by atoms with Crippen LogP contribution in [0.5, 0.6) is 0 Å². The molecule has 6 heteroatoms. The SMILES string of the molecule is CCc1cccc(CNC[C@@H](O)[C@H](Cc2cc(F)cc(F)c2)NC(=O)c2cccc(-c3ccccc3)c2)c1. The van der Waals surface area contributed by atoms with Crippen LogP contribution in [0.1, 0.15) is 34.0 Å². The van der Waals surface area contributed by atoms with Crippen LogP contribution in [0.2, 0.25) is 0 Å². The van der Waals surface area contributed by atoms with Crippen LogP contribution < -0.4 is 10.6 Å². The zero-order valence-electron chi connectivity index (χ0n) is 21.3. The summed E-state index contributed by atoms with van der Waals surface area (Å²) in [4.78, 5) is 13.2. The van der Waals surface area contributed by atoms with Crippen molar-refractivity contribution in [3.05, 3.63) is 131 Å². The number of aryl methyl sites for hydroxylation is 1. The number of halogens is 2. The van der Waals surface area contributed by atoms with Gasteiger partial charge in [0, 0.05) is 24.7 Å². The Morgan fingerprint density at radius 1 is 0.789 bits per heavy atom. The highest BCUT2D eigenvalue weighted by atomic mass is 19.1. The molecule has 2 atom stereocenters. The van der Waals surface area contributed by atoms with Crippen molar-refractivity contribution in [2.75, 3.05) is 6.54 Å². The molecule has 0 fully saturated rings. The Hall–Kier alpha value is -3.87. The fourth-order valence-electron chi connectivity index (χ4n) is 4.45. The van der Waals surface area contributed by atoms with Gasteiger partial charge in [0.05, 0.1) is 12.1 Å². The highest BCUT2D eigenvalue weighted by Crippen LogP contribution is 2.20. The van der Waals surface area contributed by atoms with Gasteiger partial charge in [-0.05, 0) is 64.9 Å². The normalized spacial score (nSPS) is 12.6. The number of carbonyl (C=O) groups is 1. The van der Waals surface area contributed by atoms with Crippen LogP contribution in [-0.2, 0) is 19.4 Å². The molecule has 1 amide bonds. The van der Waals surface area contributed by atoms with E-state index in [2.05, 4.69) is 29.7 Å². The average Bonchev–Trinajstić information content (AvgIpc) is 2.92. The molecule has 0 heterocycles. The third-order valence-electron chi connectivity index (χ3n) is 6.47. The maximum atomic E-state index is 13.9. The monoisotopic (exact) mass is 514 g/mol. The molecule has 3 N–H and O–H groups in total. The first kappa shape index (κ1) is 27.2. The van der Waals surface area contributed by atoms with E-state index < -0.39 is 23.8 Å². The second kappa shape index (κ2) is 13.1. The molecule has 0 radical (unpaired) electrons. The van der Waals surface area contributed by atoms with E-state index in [1.165, 1.54) is 17.7 Å². The van der Waals surface area contributed by atoms with Crippen molar-refractivity contribution in [1.82, 2.24) is 10.6 Å². The Kier molecular flexibility index (Phi) is 9.35. The summed E-state index contributed by atoms with van der Waals surface area (Å²) in [5, 5.41) is 17.2. The zero-order chi connectivity index (χ0) is 26.9. The second-order valence-electron chi connectivity index (χ2n) is 9.38. The van der Waals surface area contributed by atoms with E-state index in [0.29, 0.717) is 17.7 Å². The van der Waals surface area contributed by atoms with Gasteiger partial charge in [-0.15, -0.1) is 0 Å². The number of carbonyl (C=O) groups excluding carboxylic acids is 1. The zero-order valence-corrected chi connectivity index (χ0v) is 21.3. The van der Waals surface area contributed by atoms with E-state index >= 15 is 0 Å². The number of hydrogen-bond donors (Lipinski definition) is 3. The van der Waals surface area contributed by atoms with Gasteiger partial charge in [-0.3, -0.25) is 4.79 Å². The Morgan fingerprint density at radius 3 is 2.21 bits per heavy atom. The molecule has 4 aromatic carbocycles. The Bertz CT molecular complexity index is 1340. The van der Waals surface area contributed by atoms with Crippen molar-refractivity contribution >= 4 is 5.91 Å². The smallest absolute Gasteiger partial charge is 0.251 e. The van der Waals surface area contributed by atoms with E-state index in [1.807, 2.05) is 48.5 Å². The summed E-state index contributed by atoms with van der Waals surface area (Å²) in [6, 6.07) is 27.5. The van der Waals surface area contributed by atoms with Crippen molar-refractivity contribution < 1.29 is 18.7 Å². The average molecular weight is 515 g/mol. The van der Waals surface area contributed by atoms with Crippen molar-refractivity contribution in [1.29, 1.82) is 0 Å². The van der Waals surface area contributed by atoms with Crippen molar-refractivity contribution in [3.8, 4) is 11.1 Å². The molecule has 0 aliphatic rings. The van der Waals surface area contributed by atoms with Crippen LogP contribution in [0.3, 0.4) is 0 Å². The number of amides is 1. The lowest BCUT2D eigenvalue weighted by atomic mass is 9.99. The number of aliphatic hydroxyl groups is 1. The predicted octanol–water partition coefficient (Wildman–Crippen LogP) is 5.69. The minimum Gasteiger partial charge on any atom is -0.390 e. The highest BCUT2D eigenvalue weighted by Gasteiger charge is 2.23. The van der Waals surface area contributed by atoms with Crippen molar-refractivity contribution in [2.45, 2.75) is 38.5 Å². The van der Waals surface area contributed by atoms with Crippen LogP contribution in [0.25, 0.3) is 11.1 Å². The molecule has 196 valence electrons. The first-order valence-electron chi connectivity index (χ1n) is 12.8. The minimum atomic E-state index is -1.00. The third-order valence-corrected chi connectivity index (χ3v) is 6.47. The highest BCUT2D eigenvalue weighted by molar-refractivity contribution is 5.95. The molecule has 0 saturated heterocycles. The first-order chi connectivity index (χ1) is 18.4. The predicted molar refractivity (Wildman–Crippen MR) is 147 cm³/mol. The lowest BCUT2D eigenvalue weighted by molar-refractivity contribution is 0.0830. The molecule has 4 nitrogen and oxygen atoms in total. The topological polar surface area (TPSA) is 61.4 Å². The Labute approximate surface area is 222 Å². The van der Waals surface area contributed by atoms with Gasteiger partial charge in [0.15, 0.2) is 0 Å². The van der Waals surface area contributed by atoms with Crippen molar-refractivity contribution in [2.24, 2.45) is 0 Å². The Balaban J connectivity index is 1.49. The van der Waals surface area contributed by atoms with E-state index in [9.17, 15) is 18.7 Å². The van der Waals surface area contributed by atoms with E-state index in [4.69, 9.17) is 0 Å². The fraction of sp³-hybridized carbons (Fsp3) is 0.219. The third kappa shape index (κ3) is 7.57. The summed E-state index contributed by atoms with van der Waals surface area (Å²) in [5.74, 6) is -1.78. The lowest BCUT2D eigenvalue weighted by Gasteiger charge is -2.25. The standard InChI is InChI=1S/C32H32F2N2O2/c1-2-22-8-6-9-23(14-22)20-35-21-31(37)30(17-24-15-28(33)19-29(34)16-24)36-32(38)27-13-7-12-26(18-27)25-10-4-3-5-11-25/h3-16,18-19,30-31,35,37H,2,17,20-21H2,1H3,(H,36,38)/t30-,31+/m0/s1. The molecule has 0 bridgehead atoms. The molecular weight excluding hydrogens is 482 g/mol. The molecule has 0 spiro atoms. The molecule has 0 aromatic heterocycles. The molecule has 0 aliphatic carbocycles. The minimum absolute atomic E-state index is 0.0625. The Morgan fingerprint density at radius 2 is 1.47 bits per heavy atom. The van der Waals surface area contributed by atoms with Crippen molar-refractivity contribution in [3.63, 3.8) is 0 Å². The van der Waals surface area contributed by atoms with Gasteiger partial charge in [0.25, 0.3) is 5.91 Å². The summed E-state index contributed by atoms with van der Waals surface area (Å²) in [7, 11) is 0. The summed E-state index contributed by atoms with van der Waals surface area (Å²) in [5.41, 5.74) is 4.95. The van der Waals surface area contributed by atoms with Crippen LogP contribution in [0, 0.1) is 11.6 Å². The first-order valence-corrected chi connectivity index (χ1v) is 12.8. The van der Waals surface area contributed by atoms with E-state index in [0.717, 1.165) is 29.2 Å². The molecule has 4 aromatic rings. The van der Waals surface area contributed by atoms with Crippen LogP contribution in [0.4, 0.5) is 8.78 Å². The van der Waals surface area contributed by atoms with Gasteiger partial charge in [0.1, 0.15) is 11.6 Å².